The Hall–Kier alpha value is -2.84. The molecule has 0 aliphatic carbocycles. The topological polar surface area (TPSA) is 104 Å². The Morgan fingerprint density at radius 3 is 2.75 bits per heavy atom. The number of aromatic nitrogens is 2. The highest BCUT2D eigenvalue weighted by Crippen LogP contribution is 2.36. The smallest absolute Gasteiger partial charge is 0.273 e. The molecule has 2 aromatic rings. The second-order valence-electron chi connectivity index (χ2n) is 6.39. The lowest BCUT2D eigenvalue weighted by molar-refractivity contribution is -0.110. The van der Waals surface area contributed by atoms with E-state index < -0.39 is 5.91 Å². The van der Waals surface area contributed by atoms with Crippen LogP contribution in [0.3, 0.4) is 0 Å². The molecule has 0 saturated carbocycles. The number of allylic oxidation sites excluding steroid dienone is 1. The number of aryl methyl sites for hydroxylation is 1. The third kappa shape index (κ3) is 5.58. The van der Waals surface area contributed by atoms with Crippen LogP contribution in [0.15, 0.2) is 41.9 Å². The Morgan fingerprint density at radius 1 is 1.46 bits per heavy atom. The number of ether oxygens (including phenoxy) is 1. The van der Waals surface area contributed by atoms with E-state index in [9.17, 15) is 4.79 Å². The maximum atomic E-state index is 12.3. The fourth-order valence-corrected chi connectivity index (χ4v) is 2.53. The van der Waals surface area contributed by atoms with Gasteiger partial charge in [0.1, 0.15) is 23.8 Å². The molecule has 0 spiro atoms. The van der Waals surface area contributed by atoms with Crippen LogP contribution >= 0.6 is 11.6 Å². The average molecular weight is 406 g/mol. The number of anilines is 1. The molecule has 28 heavy (non-hydrogen) atoms. The second-order valence-corrected chi connectivity index (χ2v) is 6.80. The third-order valence-corrected chi connectivity index (χ3v) is 3.83. The second kappa shape index (κ2) is 9.38. The quantitative estimate of drug-likeness (QED) is 0.398. The SMILES string of the molecule is C=C(C)O/N=C(\C)C(=O)Nc1ccc(OC[C@H](C)N)c(-c2c(Cl)cnn2C)c1. The van der Waals surface area contributed by atoms with E-state index in [0.29, 0.717) is 40.1 Å². The van der Waals surface area contributed by atoms with Crippen LogP contribution in [0.4, 0.5) is 5.69 Å². The highest BCUT2D eigenvalue weighted by atomic mass is 35.5. The van der Waals surface area contributed by atoms with Gasteiger partial charge >= 0.3 is 0 Å². The summed E-state index contributed by atoms with van der Waals surface area (Å²) in [5.41, 5.74) is 7.82. The number of carbonyl (C=O) groups excluding carboxylic acids is 1. The highest BCUT2D eigenvalue weighted by Gasteiger charge is 2.17. The Balaban J connectivity index is 2.35. The number of nitrogens with two attached hydrogens (primary N) is 1. The molecule has 8 nitrogen and oxygen atoms in total. The molecule has 1 aromatic heterocycles. The van der Waals surface area contributed by atoms with E-state index in [-0.39, 0.29) is 11.8 Å². The molecule has 2 rings (SSSR count). The first kappa shape index (κ1) is 21.5. The van der Waals surface area contributed by atoms with Gasteiger partial charge in [-0.2, -0.15) is 5.10 Å². The van der Waals surface area contributed by atoms with Crippen LogP contribution in [0.25, 0.3) is 11.3 Å². The summed E-state index contributed by atoms with van der Waals surface area (Å²) < 4.78 is 7.45. The molecular formula is C19H24ClN5O3. The molecule has 0 radical (unpaired) electrons. The van der Waals surface area contributed by atoms with E-state index in [0.717, 1.165) is 0 Å². The largest absolute Gasteiger partial charge is 0.491 e. The lowest BCUT2D eigenvalue weighted by atomic mass is 10.1. The van der Waals surface area contributed by atoms with Crippen molar-refractivity contribution in [2.24, 2.45) is 17.9 Å². The number of carbonyl (C=O) groups is 1. The predicted molar refractivity (Wildman–Crippen MR) is 110 cm³/mol. The standard InChI is InChI=1S/C19H24ClN5O3/c1-11(2)28-24-13(4)19(26)23-14-6-7-17(27-10-12(3)21)15(8-14)18-16(20)9-22-25(18)5/h6-9,12H,1,10,21H2,2-5H3,(H,23,26)/b24-13+/t12-/m0/s1. The molecule has 3 N–H and O–H groups in total. The van der Waals surface area contributed by atoms with E-state index in [1.165, 1.54) is 6.92 Å². The molecule has 1 heterocycles. The van der Waals surface area contributed by atoms with E-state index in [2.05, 4.69) is 22.2 Å². The summed E-state index contributed by atoms with van der Waals surface area (Å²) in [6.45, 7) is 8.92. The van der Waals surface area contributed by atoms with Crippen molar-refractivity contribution in [3.8, 4) is 17.0 Å². The van der Waals surface area contributed by atoms with Gasteiger partial charge in [0.25, 0.3) is 5.91 Å². The number of hydrogen-bond acceptors (Lipinski definition) is 6. The number of benzene rings is 1. The number of hydrogen-bond donors (Lipinski definition) is 2. The molecule has 1 atom stereocenters. The minimum atomic E-state index is -0.410. The molecule has 1 aromatic carbocycles. The minimum Gasteiger partial charge on any atom is -0.491 e. The predicted octanol–water partition coefficient (Wildman–Crippen LogP) is 3.33. The average Bonchev–Trinajstić information content (AvgIpc) is 2.96. The molecular weight excluding hydrogens is 382 g/mol. The molecule has 9 heteroatoms. The van der Waals surface area contributed by atoms with Gasteiger partial charge in [-0.3, -0.25) is 9.48 Å². The van der Waals surface area contributed by atoms with Crippen LogP contribution in [0, 0.1) is 0 Å². The van der Waals surface area contributed by atoms with Gasteiger partial charge in [0.05, 0.1) is 16.9 Å². The summed E-state index contributed by atoms with van der Waals surface area (Å²) in [7, 11) is 1.77. The van der Waals surface area contributed by atoms with Crippen LogP contribution in [-0.4, -0.2) is 34.0 Å². The maximum absolute atomic E-state index is 12.3. The molecule has 0 aliphatic heterocycles. The normalized spacial score (nSPS) is 12.4. The van der Waals surface area contributed by atoms with Gasteiger partial charge in [-0.25, -0.2) is 0 Å². The molecule has 0 fully saturated rings. The van der Waals surface area contributed by atoms with E-state index >= 15 is 0 Å². The third-order valence-electron chi connectivity index (χ3n) is 3.56. The zero-order valence-corrected chi connectivity index (χ0v) is 17.1. The maximum Gasteiger partial charge on any atom is 0.273 e. The van der Waals surface area contributed by atoms with Gasteiger partial charge in [-0.15, -0.1) is 0 Å². The van der Waals surface area contributed by atoms with Crippen molar-refractivity contribution in [1.29, 1.82) is 0 Å². The van der Waals surface area contributed by atoms with Crippen LogP contribution in [0.5, 0.6) is 5.75 Å². The lowest BCUT2D eigenvalue weighted by Crippen LogP contribution is -2.24. The van der Waals surface area contributed by atoms with Crippen LogP contribution in [0.1, 0.15) is 20.8 Å². The Morgan fingerprint density at radius 2 is 2.18 bits per heavy atom. The van der Waals surface area contributed by atoms with Crippen LogP contribution in [0.2, 0.25) is 5.02 Å². The number of rotatable bonds is 8. The summed E-state index contributed by atoms with van der Waals surface area (Å²) >= 11 is 6.30. The first-order chi connectivity index (χ1) is 13.2. The van der Waals surface area contributed by atoms with E-state index in [4.69, 9.17) is 26.9 Å². The summed E-state index contributed by atoms with van der Waals surface area (Å²) in [5, 5.41) is 11.1. The van der Waals surface area contributed by atoms with E-state index in [1.807, 2.05) is 6.92 Å². The van der Waals surface area contributed by atoms with Crippen molar-refractivity contribution < 1.29 is 14.4 Å². The van der Waals surface area contributed by atoms with Crippen molar-refractivity contribution in [2.75, 3.05) is 11.9 Å². The van der Waals surface area contributed by atoms with Crippen LogP contribution < -0.4 is 15.8 Å². The van der Waals surface area contributed by atoms with Crippen LogP contribution in [-0.2, 0) is 16.7 Å². The summed E-state index contributed by atoms with van der Waals surface area (Å²) in [4.78, 5) is 17.2. The summed E-state index contributed by atoms with van der Waals surface area (Å²) in [6, 6.07) is 5.08. The van der Waals surface area contributed by atoms with Crippen molar-refractivity contribution in [1.82, 2.24) is 9.78 Å². The van der Waals surface area contributed by atoms with Crippen molar-refractivity contribution in [2.45, 2.75) is 26.8 Å². The zero-order chi connectivity index (χ0) is 20.8. The van der Waals surface area contributed by atoms with Crippen molar-refractivity contribution >= 4 is 28.9 Å². The highest BCUT2D eigenvalue weighted by molar-refractivity contribution is 6.42. The van der Waals surface area contributed by atoms with Gasteiger partial charge < -0.3 is 20.6 Å². The number of halogens is 1. The minimum absolute atomic E-state index is 0.138. The number of amides is 1. The first-order valence-corrected chi connectivity index (χ1v) is 8.95. The molecule has 0 saturated heterocycles. The van der Waals surface area contributed by atoms with Gasteiger partial charge in [-0.1, -0.05) is 23.3 Å². The van der Waals surface area contributed by atoms with Crippen molar-refractivity contribution in [3.63, 3.8) is 0 Å². The Kier molecular flexibility index (Phi) is 7.19. The molecule has 0 bridgehead atoms. The fraction of sp³-hybridized carbons (Fsp3) is 0.316. The zero-order valence-electron chi connectivity index (χ0n) is 16.3. The molecule has 0 aliphatic rings. The van der Waals surface area contributed by atoms with Gasteiger partial charge in [0.2, 0.25) is 0 Å². The summed E-state index contributed by atoms with van der Waals surface area (Å²) in [5.74, 6) is 0.556. The van der Waals surface area contributed by atoms with Gasteiger partial charge in [-0.05, 0) is 39.0 Å². The van der Waals surface area contributed by atoms with Crippen molar-refractivity contribution in [3.05, 3.63) is 41.8 Å². The van der Waals surface area contributed by atoms with Gasteiger partial charge in [0, 0.05) is 24.3 Å². The molecule has 1 amide bonds. The number of nitrogens with one attached hydrogen (secondary N) is 1. The Bertz CT molecular complexity index is 885. The van der Waals surface area contributed by atoms with E-state index in [1.54, 1.807) is 43.0 Å². The Labute approximate surface area is 168 Å². The lowest BCUT2D eigenvalue weighted by Gasteiger charge is -2.15. The first-order valence-electron chi connectivity index (χ1n) is 8.57. The number of oxime groups is 1. The fourth-order valence-electron chi connectivity index (χ4n) is 2.26. The monoisotopic (exact) mass is 405 g/mol. The summed E-state index contributed by atoms with van der Waals surface area (Å²) in [6.07, 6.45) is 1.54. The number of nitrogens with zero attached hydrogens (tertiary/aromatic N) is 3. The molecule has 150 valence electrons. The molecule has 0 unspecified atom stereocenters. The van der Waals surface area contributed by atoms with Gasteiger partial charge in [0.15, 0.2) is 0 Å².